The second-order valence-corrected chi connectivity index (χ2v) is 2.87. The van der Waals surface area contributed by atoms with Crippen LogP contribution in [0, 0.1) is 0 Å². The highest BCUT2D eigenvalue weighted by atomic mass is 16.1. The predicted octanol–water partition coefficient (Wildman–Crippen LogP) is 1.10. The zero-order valence-corrected chi connectivity index (χ0v) is 7.28. The van der Waals surface area contributed by atoms with E-state index in [0.29, 0.717) is 17.5 Å². The van der Waals surface area contributed by atoms with E-state index >= 15 is 0 Å². The summed E-state index contributed by atoms with van der Waals surface area (Å²) in [5, 5.41) is 3.91. The van der Waals surface area contributed by atoms with Gasteiger partial charge in [-0.3, -0.25) is 9.59 Å². The largest absolute Gasteiger partial charge is 0.329 e. The van der Waals surface area contributed by atoms with Gasteiger partial charge in [-0.2, -0.15) is 0 Å². The van der Waals surface area contributed by atoms with Gasteiger partial charge < -0.3 is 10.3 Å². The second-order valence-electron chi connectivity index (χ2n) is 2.87. The Morgan fingerprint density at radius 2 is 2.14 bits per heavy atom. The number of anilines is 1. The fourth-order valence-electron chi connectivity index (χ4n) is 1.34. The Labute approximate surface area is 79.6 Å². The minimum Gasteiger partial charge on any atom is -0.329 e. The van der Waals surface area contributed by atoms with Gasteiger partial charge in [0.25, 0.3) is 5.56 Å². The van der Waals surface area contributed by atoms with E-state index in [1.165, 1.54) is 0 Å². The Kier molecular flexibility index (Phi) is 2.02. The molecule has 1 heterocycles. The molecule has 0 atom stereocenters. The molecule has 0 aliphatic rings. The van der Waals surface area contributed by atoms with Crippen LogP contribution < -0.4 is 10.9 Å². The number of hydrogen-bond acceptors (Lipinski definition) is 2. The summed E-state index contributed by atoms with van der Waals surface area (Å²) in [6, 6.07) is 6.98. The number of aromatic amines is 1. The molecule has 1 amide bonds. The monoisotopic (exact) mass is 188 g/mol. The number of carbonyl (C=O) groups is 1. The summed E-state index contributed by atoms with van der Waals surface area (Å²) >= 11 is 0. The number of fused-ring (bicyclic) bond motifs is 1. The van der Waals surface area contributed by atoms with Crippen LogP contribution in [0.25, 0.3) is 10.8 Å². The summed E-state index contributed by atoms with van der Waals surface area (Å²) in [5.41, 5.74) is 0.459. The van der Waals surface area contributed by atoms with Crippen LogP contribution in [0.2, 0.25) is 0 Å². The topological polar surface area (TPSA) is 62.0 Å². The van der Waals surface area contributed by atoms with Crippen LogP contribution in [-0.4, -0.2) is 11.4 Å². The maximum atomic E-state index is 11.4. The smallest absolute Gasteiger partial charge is 0.255 e. The molecule has 0 aliphatic heterocycles. The van der Waals surface area contributed by atoms with Gasteiger partial charge in [0.05, 0.1) is 0 Å². The molecular formula is C10H8N2O2. The molecule has 0 spiro atoms. The highest BCUT2D eigenvalue weighted by Crippen LogP contribution is 2.14. The highest BCUT2D eigenvalue weighted by molar-refractivity contribution is 5.86. The molecule has 1 aromatic heterocycles. The van der Waals surface area contributed by atoms with Crippen LogP contribution in [-0.2, 0) is 4.79 Å². The zero-order chi connectivity index (χ0) is 9.97. The van der Waals surface area contributed by atoms with Crippen LogP contribution in [0.1, 0.15) is 0 Å². The van der Waals surface area contributed by atoms with Crippen molar-refractivity contribution in [2.24, 2.45) is 0 Å². The highest BCUT2D eigenvalue weighted by Gasteiger charge is 1.98. The molecule has 4 heteroatoms. The number of rotatable bonds is 2. The van der Waals surface area contributed by atoms with Gasteiger partial charge in [0.2, 0.25) is 6.41 Å². The Balaban J connectivity index is 2.69. The fourth-order valence-corrected chi connectivity index (χ4v) is 1.34. The van der Waals surface area contributed by atoms with Crippen LogP contribution >= 0.6 is 0 Å². The van der Waals surface area contributed by atoms with Crippen molar-refractivity contribution in [3.8, 4) is 0 Å². The summed E-state index contributed by atoms with van der Waals surface area (Å²) in [7, 11) is 0. The van der Waals surface area contributed by atoms with Gasteiger partial charge in [-0.05, 0) is 23.6 Å². The molecule has 0 bridgehead atoms. The molecule has 2 rings (SSSR count). The summed E-state index contributed by atoms with van der Waals surface area (Å²) in [5.74, 6) is 0. The van der Waals surface area contributed by atoms with E-state index in [2.05, 4.69) is 10.3 Å². The maximum absolute atomic E-state index is 11.4. The Morgan fingerprint density at radius 1 is 1.29 bits per heavy atom. The molecule has 0 saturated heterocycles. The molecule has 1 aromatic carbocycles. The average molecular weight is 188 g/mol. The van der Waals surface area contributed by atoms with Gasteiger partial charge in [0.1, 0.15) is 0 Å². The number of nitrogens with one attached hydrogen (secondary N) is 2. The molecule has 70 valence electrons. The summed E-state index contributed by atoms with van der Waals surface area (Å²) < 4.78 is 0. The number of H-pyrrole nitrogens is 1. The Morgan fingerprint density at radius 3 is 2.93 bits per heavy atom. The van der Waals surface area contributed by atoms with E-state index in [1.54, 1.807) is 30.5 Å². The SMILES string of the molecule is O=CNc1ccc2cc[nH]c(=O)c2c1. The normalized spacial score (nSPS) is 10.0. The fraction of sp³-hybridized carbons (Fsp3) is 0. The maximum Gasteiger partial charge on any atom is 0.255 e. The van der Waals surface area contributed by atoms with Gasteiger partial charge in [0, 0.05) is 17.3 Å². The first-order valence-electron chi connectivity index (χ1n) is 4.13. The zero-order valence-electron chi connectivity index (χ0n) is 7.28. The van der Waals surface area contributed by atoms with Crippen molar-refractivity contribution >= 4 is 22.9 Å². The Hall–Kier alpha value is -2.10. The van der Waals surface area contributed by atoms with Gasteiger partial charge >= 0.3 is 0 Å². The lowest BCUT2D eigenvalue weighted by Crippen LogP contribution is -2.05. The molecule has 14 heavy (non-hydrogen) atoms. The van der Waals surface area contributed by atoms with Crippen molar-refractivity contribution in [3.63, 3.8) is 0 Å². The van der Waals surface area contributed by atoms with Crippen molar-refractivity contribution in [2.45, 2.75) is 0 Å². The quantitative estimate of drug-likeness (QED) is 0.693. The third-order valence-electron chi connectivity index (χ3n) is 2.00. The standard InChI is InChI=1S/C10H8N2O2/c13-6-12-8-2-1-7-3-4-11-10(14)9(7)5-8/h1-6H,(H,11,14)(H,12,13). The molecule has 2 N–H and O–H groups in total. The lowest BCUT2D eigenvalue weighted by Gasteiger charge is -2.00. The van der Waals surface area contributed by atoms with E-state index in [0.717, 1.165) is 5.39 Å². The third-order valence-corrected chi connectivity index (χ3v) is 2.00. The van der Waals surface area contributed by atoms with Crippen LogP contribution in [0.15, 0.2) is 35.3 Å². The molecule has 0 saturated carbocycles. The minimum absolute atomic E-state index is 0.156. The molecule has 0 unspecified atom stereocenters. The van der Waals surface area contributed by atoms with Gasteiger partial charge in [-0.15, -0.1) is 0 Å². The average Bonchev–Trinajstić information content (AvgIpc) is 2.20. The first-order chi connectivity index (χ1) is 6.81. The van der Waals surface area contributed by atoms with Crippen LogP contribution in [0.4, 0.5) is 5.69 Å². The molecule has 2 aromatic rings. The molecule has 0 radical (unpaired) electrons. The van der Waals surface area contributed by atoms with E-state index in [9.17, 15) is 9.59 Å². The van der Waals surface area contributed by atoms with Crippen LogP contribution in [0.5, 0.6) is 0 Å². The summed E-state index contributed by atoms with van der Waals surface area (Å²) in [6.07, 6.45) is 2.18. The van der Waals surface area contributed by atoms with Crippen LogP contribution in [0.3, 0.4) is 0 Å². The van der Waals surface area contributed by atoms with Gasteiger partial charge in [-0.1, -0.05) is 6.07 Å². The lowest BCUT2D eigenvalue weighted by molar-refractivity contribution is -0.105. The first kappa shape index (κ1) is 8.50. The van der Waals surface area contributed by atoms with E-state index in [4.69, 9.17) is 0 Å². The van der Waals surface area contributed by atoms with Gasteiger partial charge in [-0.25, -0.2) is 0 Å². The number of benzene rings is 1. The molecule has 0 fully saturated rings. The van der Waals surface area contributed by atoms with Crippen molar-refractivity contribution in [3.05, 3.63) is 40.8 Å². The van der Waals surface area contributed by atoms with Gasteiger partial charge in [0.15, 0.2) is 0 Å². The lowest BCUT2D eigenvalue weighted by atomic mass is 10.1. The molecule has 4 nitrogen and oxygen atoms in total. The molecular weight excluding hydrogens is 180 g/mol. The predicted molar refractivity (Wildman–Crippen MR) is 54.3 cm³/mol. The number of carbonyl (C=O) groups excluding carboxylic acids is 1. The third kappa shape index (κ3) is 1.37. The van der Waals surface area contributed by atoms with Crippen molar-refractivity contribution < 1.29 is 4.79 Å². The summed E-state index contributed by atoms with van der Waals surface area (Å²) in [4.78, 5) is 24.1. The number of hydrogen-bond donors (Lipinski definition) is 2. The Bertz CT molecular complexity index is 531. The van der Waals surface area contributed by atoms with Crippen molar-refractivity contribution in [2.75, 3.05) is 5.32 Å². The van der Waals surface area contributed by atoms with E-state index in [-0.39, 0.29) is 5.56 Å². The second kappa shape index (κ2) is 3.33. The van der Waals surface area contributed by atoms with E-state index < -0.39 is 0 Å². The van der Waals surface area contributed by atoms with Crippen molar-refractivity contribution in [1.82, 2.24) is 4.98 Å². The van der Waals surface area contributed by atoms with Crippen molar-refractivity contribution in [1.29, 1.82) is 0 Å². The first-order valence-corrected chi connectivity index (χ1v) is 4.13. The minimum atomic E-state index is -0.156. The number of pyridine rings is 1. The number of amides is 1. The van der Waals surface area contributed by atoms with E-state index in [1.807, 2.05) is 0 Å². The number of aromatic nitrogens is 1. The summed E-state index contributed by atoms with van der Waals surface area (Å²) in [6.45, 7) is 0. The molecule has 0 aliphatic carbocycles.